The summed E-state index contributed by atoms with van der Waals surface area (Å²) in [7, 11) is 1.97. The fraction of sp³-hybridized carbons (Fsp3) is 0.600. The third-order valence-corrected chi connectivity index (χ3v) is 2.93. The van der Waals surface area contributed by atoms with E-state index in [0.717, 1.165) is 18.8 Å². The van der Waals surface area contributed by atoms with Crippen LogP contribution in [0.4, 0.5) is 0 Å². The van der Waals surface area contributed by atoms with Gasteiger partial charge in [-0.05, 0) is 31.9 Å². The average molecular weight is 235 g/mol. The monoisotopic (exact) mass is 235 g/mol. The molecule has 0 aliphatic heterocycles. The highest BCUT2D eigenvalue weighted by atomic mass is 16.5. The number of para-hydroxylation sites is 1. The fourth-order valence-electron chi connectivity index (χ4n) is 1.59. The van der Waals surface area contributed by atoms with E-state index in [0.29, 0.717) is 11.5 Å². The molecule has 1 rings (SSSR count). The first-order valence-electron chi connectivity index (χ1n) is 6.33. The van der Waals surface area contributed by atoms with Gasteiger partial charge in [0.15, 0.2) is 0 Å². The van der Waals surface area contributed by atoms with Gasteiger partial charge in [0, 0.05) is 11.6 Å². The van der Waals surface area contributed by atoms with Crippen LogP contribution in [0.5, 0.6) is 5.75 Å². The summed E-state index contributed by atoms with van der Waals surface area (Å²) in [5.41, 5.74) is 1.55. The van der Waals surface area contributed by atoms with Gasteiger partial charge < -0.3 is 10.1 Å². The minimum Gasteiger partial charge on any atom is -0.493 e. The lowest BCUT2D eigenvalue weighted by Crippen LogP contribution is -2.15. The van der Waals surface area contributed by atoms with Crippen molar-refractivity contribution in [3.05, 3.63) is 29.8 Å². The Morgan fingerprint density at radius 2 is 1.88 bits per heavy atom. The van der Waals surface area contributed by atoms with Gasteiger partial charge in [-0.15, -0.1) is 0 Å². The largest absolute Gasteiger partial charge is 0.493 e. The summed E-state index contributed by atoms with van der Waals surface area (Å²) in [4.78, 5) is 0. The van der Waals surface area contributed by atoms with Crippen molar-refractivity contribution in [2.45, 2.75) is 40.2 Å². The maximum Gasteiger partial charge on any atom is 0.124 e. The lowest BCUT2D eigenvalue weighted by atomic mass is 9.93. The van der Waals surface area contributed by atoms with Crippen molar-refractivity contribution in [3.8, 4) is 5.75 Å². The molecular formula is C15H25NO. The summed E-state index contributed by atoms with van der Waals surface area (Å²) in [6.45, 7) is 9.62. The average Bonchev–Trinajstić information content (AvgIpc) is 2.27. The first-order valence-corrected chi connectivity index (χ1v) is 6.33. The molecule has 0 spiro atoms. The minimum atomic E-state index is 0.320. The molecule has 96 valence electrons. The van der Waals surface area contributed by atoms with Crippen LogP contribution in [0.25, 0.3) is 0 Å². The third-order valence-electron chi connectivity index (χ3n) is 2.93. The molecule has 0 saturated heterocycles. The Bertz CT molecular complexity index is 341. The second kappa shape index (κ2) is 6.06. The topological polar surface area (TPSA) is 21.3 Å². The second-order valence-electron chi connectivity index (χ2n) is 5.71. The number of nitrogens with one attached hydrogen (secondary N) is 1. The SMILES string of the molecule is CNC(C)c1ccccc1OCCC(C)(C)C. The molecule has 1 N–H and O–H groups in total. The van der Waals surface area contributed by atoms with Crippen LogP contribution < -0.4 is 10.1 Å². The molecule has 0 aliphatic carbocycles. The zero-order valence-electron chi connectivity index (χ0n) is 11.7. The lowest BCUT2D eigenvalue weighted by Gasteiger charge is -2.20. The Morgan fingerprint density at radius 3 is 2.47 bits per heavy atom. The van der Waals surface area contributed by atoms with Gasteiger partial charge in [-0.25, -0.2) is 0 Å². The Kier molecular flexibility index (Phi) is 5.01. The first kappa shape index (κ1) is 14.0. The second-order valence-corrected chi connectivity index (χ2v) is 5.71. The number of hydrogen-bond acceptors (Lipinski definition) is 2. The Balaban J connectivity index is 2.64. The van der Waals surface area contributed by atoms with Crippen LogP contribution in [0, 0.1) is 5.41 Å². The molecule has 0 aliphatic rings. The molecule has 1 atom stereocenters. The van der Waals surface area contributed by atoms with E-state index in [1.54, 1.807) is 0 Å². The van der Waals surface area contributed by atoms with Crippen LogP contribution in [0.1, 0.15) is 45.7 Å². The molecule has 2 nitrogen and oxygen atoms in total. The van der Waals surface area contributed by atoms with Crippen LogP contribution in [0.15, 0.2) is 24.3 Å². The molecule has 0 fully saturated rings. The first-order chi connectivity index (χ1) is 7.94. The Hall–Kier alpha value is -1.02. The van der Waals surface area contributed by atoms with Crippen LogP contribution in [0.3, 0.4) is 0 Å². The van der Waals surface area contributed by atoms with E-state index in [4.69, 9.17) is 4.74 Å². The van der Waals surface area contributed by atoms with Crippen LogP contribution >= 0.6 is 0 Å². The summed E-state index contributed by atoms with van der Waals surface area (Å²) in [5.74, 6) is 0.999. The summed E-state index contributed by atoms with van der Waals surface area (Å²) in [6, 6.07) is 8.57. The van der Waals surface area contributed by atoms with E-state index < -0.39 is 0 Å². The van der Waals surface area contributed by atoms with Crippen molar-refractivity contribution in [2.24, 2.45) is 5.41 Å². The summed E-state index contributed by atoms with van der Waals surface area (Å²) < 4.78 is 5.90. The molecule has 0 bridgehead atoms. The summed E-state index contributed by atoms with van der Waals surface area (Å²) in [6.07, 6.45) is 1.06. The molecule has 1 aromatic carbocycles. The van der Waals surface area contributed by atoms with Crippen molar-refractivity contribution < 1.29 is 4.74 Å². The maximum absolute atomic E-state index is 5.90. The van der Waals surface area contributed by atoms with Crippen LogP contribution in [-0.4, -0.2) is 13.7 Å². The normalized spacial score (nSPS) is 13.5. The predicted octanol–water partition coefficient (Wildman–Crippen LogP) is 3.78. The molecule has 0 amide bonds. The molecule has 17 heavy (non-hydrogen) atoms. The van der Waals surface area contributed by atoms with Crippen LogP contribution in [-0.2, 0) is 0 Å². The number of hydrogen-bond donors (Lipinski definition) is 1. The zero-order valence-corrected chi connectivity index (χ0v) is 11.7. The Labute approximate surface area is 105 Å². The van der Waals surface area contributed by atoms with Crippen molar-refractivity contribution in [3.63, 3.8) is 0 Å². The molecular weight excluding hydrogens is 210 g/mol. The zero-order chi connectivity index (χ0) is 12.9. The molecule has 0 heterocycles. The van der Waals surface area contributed by atoms with Gasteiger partial charge in [-0.1, -0.05) is 39.0 Å². The quantitative estimate of drug-likeness (QED) is 0.838. The number of ether oxygens (including phenoxy) is 1. The summed E-state index contributed by atoms with van der Waals surface area (Å²) in [5, 5.41) is 3.25. The smallest absolute Gasteiger partial charge is 0.124 e. The van der Waals surface area contributed by atoms with Crippen molar-refractivity contribution in [2.75, 3.05) is 13.7 Å². The highest BCUT2D eigenvalue weighted by molar-refractivity contribution is 5.35. The van der Waals surface area contributed by atoms with Gasteiger partial charge in [-0.2, -0.15) is 0 Å². The van der Waals surface area contributed by atoms with E-state index in [-0.39, 0.29) is 0 Å². The Morgan fingerprint density at radius 1 is 1.24 bits per heavy atom. The standard InChI is InChI=1S/C15H25NO/c1-12(16-5)13-8-6-7-9-14(13)17-11-10-15(2,3)4/h6-9,12,16H,10-11H2,1-5H3. The lowest BCUT2D eigenvalue weighted by molar-refractivity contribution is 0.240. The highest BCUT2D eigenvalue weighted by Crippen LogP contribution is 2.26. The van der Waals surface area contributed by atoms with Crippen molar-refractivity contribution in [1.29, 1.82) is 0 Å². The minimum absolute atomic E-state index is 0.320. The molecule has 1 aromatic rings. The molecule has 1 unspecified atom stereocenters. The van der Waals surface area contributed by atoms with E-state index in [9.17, 15) is 0 Å². The maximum atomic E-state index is 5.90. The summed E-state index contributed by atoms with van der Waals surface area (Å²) >= 11 is 0. The molecule has 0 saturated carbocycles. The fourth-order valence-corrected chi connectivity index (χ4v) is 1.59. The van der Waals surface area contributed by atoms with E-state index >= 15 is 0 Å². The number of benzene rings is 1. The van der Waals surface area contributed by atoms with Gasteiger partial charge in [-0.3, -0.25) is 0 Å². The molecule has 0 radical (unpaired) electrons. The van der Waals surface area contributed by atoms with Gasteiger partial charge in [0.05, 0.1) is 6.61 Å². The highest BCUT2D eigenvalue weighted by Gasteiger charge is 2.12. The van der Waals surface area contributed by atoms with Gasteiger partial charge in [0.1, 0.15) is 5.75 Å². The van der Waals surface area contributed by atoms with Gasteiger partial charge in [0.2, 0.25) is 0 Å². The van der Waals surface area contributed by atoms with E-state index in [1.807, 2.05) is 19.2 Å². The van der Waals surface area contributed by atoms with E-state index in [1.165, 1.54) is 5.56 Å². The van der Waals surface area contributed by atoms with Gasteiger partial charge in [0.25, 0.3) is 0 Å². The predicted molar refractivity (Wildman–Crippen MR) is 73.5 cm³/mol. The number of rotatable bonds is 5. The van der Waals surface area contributed by atoms with Crippen LogP contribution in [0.2, 0.25) is 0 Å². The third kappa shape index (κ3) is 4.78. The van der Waals surface area contributed by atoms with E-state index in [2.05, 4.69) is 45.1 Å². The van der Waals surface area contributed by atoms with Crippen molar-refractivity contribution >= 4 is 0 Å². The molecule has 0 aromatic heterocycles. The van der Waals surface area contributed by atoms with Gasteiger partial charge >= 0.3 is 0 Å². The van der Waals surface area contributed by atoms with Crippen molar-refractivity contribution in [1.82, 2.24) is 5.32 Å². The molecule has 2 heteroatoms.